The number of carbonyl (C=O) groups excluding carboxylic acids is 1. The molecule has 0 bridgehead atoms. The van der Waals surface area contributed by atoms with Crippen molar-refractivity contribution in [2.75, 3.05) is 26.4 Å². The van der Waals surface area contributed by atoms with E-state index in [9.17, 15) is 9.90 Å². The Morgan fingerprint density at radius 2 is 1.11 bits per heavy atom. The highest BCUT2D eigenvalue weighted by Gasteiger charge is 2.23. The molecule has 0 aliphatic carbocycles. The summed E-state index contributed by atoms with van der Waals surface area (Å²) in [6, 6.07) is 20.9. The summed E-state index contributed by atoms with van der Waals surface area (Å²) in [7, 11) is 0. The number of phenolic OH excluding ortho intramolecular Hbond substituents is 1. The third-order valence-corrected chi connectivity index (χ3v) is 6.13. The zero-order valence-corrected chi connectivity index (χ0v) is 21.7. The van der Waals surface area contributed by atoms with Gasteiger partial charge in [0.15, 0.2) is 0 Å². The molecule has 1 fully saturated rings. The van der Waals surface area contributed by atoms with Crippen LogP contribution in [0.5, 0.6) is 28.7 Å². The van der Waals surface area contributed by atoms with Gasteiger partial charge in [-0.2, -0.15) is 0 Å². The Bertz CT molecular complexity index is 1090. The maximum absolute atomic E-state index is 12.4. The Morgan fingerprint density at radius 3 is 1.66 bits per heavy atom. The zero-order chi connectivity index (χ0) is 26.4. The van der Waals surface area contributed by atoms with Crippen LogP contribution in [-0.2, 0) is 4.74 Å². The van der Waals surface area contributed by atoms with Gasteiger partial charge in [0.2, 0.25) is 0 Å². The molecule has 38 heavy (non-hydrogen) atoms. The second-order valence-corrected chi connectivity index (χ2v) is 9.32. The minimum atomic E-state index is -0.416. The van der Waals surface area contributed by atoms with E-state index in [1.165, 1.54) is 19.3 Å². The van der Waals surface area contributed by atoms with Crippen LogP contribution >= 0.6 is 0 Å². The second-order valence-electron chi connectivity index (χ2n) is 9.32. The number of benzene rings is 3. The predicted molar refractivity (Wildman–Crippen MR) is 144 cm³/mol. The summed E-state index contributed by atoms with van der Waals surface area (Å²) in [6.07, 6.45) is 8.13. The molecular weight excluding hydrogens is 484 g/mol. The van der Waals surface area contributed by atoms with Crippen molar-refractivity contribution in [3.63, 3.8) is 0 Å². The molecule has 0 aromatic heterocycles. The highest BCUT2D eigenvalue weighted by molar-refractivity contribution is 5.91. The predicted octanol–water partition coefficient (Wildman–Crippen LogP) is 6.58. The first-order valence-corrected chi connectivity index (χ1v) is 13.4. The first-order chi connectivity index (χ1) is 18.7. The van der Waals surface area contributed by atoms with Crippen LogP contribution in [-0.4, -0.2) is 43.6 Å². The fourth-order valence-electron chi connectivity index (χ4n) is 3.82. The van der Waals surface area contributed by atoms with Gasteiger partial charge in [0.05, 0.1) is 25.4 Å². The molecule has 0 saturated carbocycles. The number of esters is 1. The largest absolute Gasteiger partial charge is 0.508 e. The number of unbranched alkanes of at least 4 members (excludes halogenated alkanes) is 6. The fourth-order valence-corrected chi connectivity index (χ4v) is 3.82. The molecule has 1 unspecified atom stereocenters. The summed E-state index contributed by atoms with van der Waals surface area (Å²) in [5.41, 5.74) is 0.461. The standard InChI is InChI=1S/C31H36O7/c32-25-10-14-26(15-11-25)34-20-6-4-2-1-3-5-7-21-35-27-16-18-29(19-17-27)38-31(33)24-8-12-28(13-9-24)36-22-30-23-37-30/h8-19,30,32H,1-7,20-23H2. The third kappa shape index (κ3) is 9.98. The number of carbonyl (C=O) groups is 1. The van der Waals surface area contributed by atoms with E-state index in [1.54, 1.807) is 60.7 Å². The van der Waals surface area contributed by atoms with Crippen LogP contribution in [0.25, 0.3) is 0 Å². The summed E-state index contributed by atoms with van der Waals surface area (Å²) >= 11 is 0. The second kappa shape index (κ2) is 14.9. The first kappa shape index (κ1) is 27.3. The average molecular weight is 521 g/mol. The van der Waals surface area contributed by atoms with Gasteiger partial charge in [-0.1, -0.05) is 32.1 Å². The molecule has 1 heterocycles. The van der Waals surface area contributed by atoms with Crippen molar-refractivity contribution in [1.82, 2.24) is 0 Å². The van der Waals surface area contributed by atoms with Crippen LogP contribution in [0.1, 0.15) is 55.3 Å². The van der Waals surface area contributed by atoms with Gasteiger partial charge >= 0.3 is 5.97 Å². The quantitative estimate of drug-likeness (QED) is 0.0931. The third-order valence-electron chi connectivity index (χ3n) is 6.13. The molecule has 1 aliphatic heterocycles. The minimum absolute atomic E-state index is 0.193. The van der Waals surface area contributed by atoms with Crippen LogP contribution in [0.3, 0.4) is 0 Å². The Kier molecular flexibility index (Phi) is 10.7. The van der Waals surface area contributed by atoms with Crippen molar-refractivity contribution < 1.29 is 33.6 Å². The molecule has 7 nitrogen and oxygen atoms in total. The summed E-state index contributed by atoms with van der Waals surface area (Å²) in [5, 5.41) is 9.27. The lowest BCUT2D eigenvalue weighted by Gasteiger charge is -2.09. The molecule has 0 spiro atoms. The molecule has 0 radical (unpaired) electrons. The summed E-state index contributed by atoms with van der Waals surface area (Å²) in [4.78, 5) is 12.4. The van der Waals surface area contributed by atoms with Crippen molar-refractivity contribution in [3.05, 3.63) is 78.4 Å². The van der Waals surface area contributed by atoms with E-state index < -0.39 is 5.97 Å². The first-order valence-electron chi connectivity index (χ1n) is 13.4. The van der Waals surface area contributed by atoms with Gasteiger partial charge in [0.1, 0.15) is 41.5 Å². The van der Waals surface area contributed by atoms with E-state index in [0.717, 1.165) is 43.8 Å². The summed E-state index contributed by atoms with van der Waals surface area (Å²) < 4.78 is 27.7. The van der Waals surface area contributed by atoms with Crippen molar-refractivity contribution >= 4 is 5.97 Å². The highest BCUT2D eigenvalue weighted by atomic mass is 16.6. The van der Waals surface area contributed by atoms with E-state index >= 15 is 0 Å². The van der Waals surface area contributed by atoms with Gasteiger partial charge in [-0.05, 0) is 85.6 Å². The SMILES string of the molecule is O=C(Oc1ccc(OCCCCCCCCCOc2ccc(O)cc2)cc1)c1ccc(OCC2CO2)cc1. The highest BCUT2D eigenvalue weighted by Crippen LogP contribution is 2.21. The molecule has 7 heteroatoms. The lowest BCUT2D eigenvalue weighted by atomic mass is 10.1. The van der Waals surface area contributed by atoms with Crippen LogP contribution in [0.15, 0.2) is 72.8 Å². The molecule has 4 rings (SSSR count). The zero-order valence-electron chi connectivity index (χ0n) is 21.7. The van der Waals surface area contributed by atoms with E-state index in [1.807, 2.05) is 12.1 Å². The van der Waals surface area contributed by atoms with Crippen LogP contribution in [0.4, 0.5) is 0 Å². The van der Waals surface area contributed by atoms with Gasteiger partial charge in [0, 0.05) is 0 Å². The minimum Gasteiger partial charge on any atom is -0.508 e. The van der Waals surface area contributed by atoms with Crippen molar-refractivity contribution in [2.24, 2.45) is 0 Å². The van der Waals surface area contributed by atoms with Crippen LogP contribution in [0, 0.1) is 0 Å². The number of hydrogen-bond donors (Lipinski definition) is 1. The molecular formula is C31H36O7. The van der Waals surface area contributed by atoms with Gasteiger partial charge < -0.3 is 28.8 Å². The molecule has 1 saturated heterocycles. The van der Waals surface area contributed by atoms with E-state index in [-0.39, 0.29) is 11.9 Å². The normalized spacial score (nSPS) is 14.1. The molecule has 202 valence electrons. The topological polar surface area (TPSA) is 86.8 Å². The van der Waals surface area contributed by atoms with Crippen molar-refractivity contribution in [3.8, 4) is 28.7 Å². The molecule has 3 aromatic rings. The molecule has 1 N–H and O–H groups in total. The number of epoxide rings is 1. The molecule has 1 atom stereocenters. The smallest absolute Gasteiger partial charge is 0.343 e. The number of ether oxygens (including phenoxy) is 5. The number of phenols is 1. The Labute approximate surface area is 224 Å². The maximum atomic E-state index is 12.4. The Hall–Kier alpha value is -3.71. The summed E-state index contributed by atoms with van der Waals surface area (Å²) in [5.74, 6) is 2.57. The lowest BCUT2D eigenvalue weighted by Crippen LogP contribution is -2.09. The number of hydrogen-bond acceptors (Lipinski definition) is 7. The van der Waals surface area contributed by atoms with Gasteiger partial charge in [0.25, 0.3) is 0 Å². The van der Waals surface area contributed by atoms with Gasteiger partial charge in [-0.3, -0.25) is 0 Å². The number of rotatable bonds is 17. The average Bonchev–Trinajstić information content (AvgIpc) is 3.77. The fraction of sp³-hybridized carbons (Fsp3) is 0.387. The van der Waals surface area contributed by atoms with E-state index in [2.05, 4.69) is 0 Å². The Balaban J connectivity index is 1.01. The lowest BCUT2D eigenvalue weighted by molar-refractivity contribution is 0.0734. The van der Waals surface area contributed by atoms with Crippen molar-refractivity contribution in [2.45, 2.75) is 51.0 Å². The molecule has 0 amide bonds. The van der Waals surface area contributed by atoms with Gasteiger partial charge in [-0.15, -0.1) is 0 Å². The Morgan fingerprint density at radius 1 is 0.658 bits per heavy atom. The molecule has 3 aromatic carbocycles. The number of aromatic hydroxyl groups is 1. The van der Waals surface area contributed by atoms with Crippen LogP contribution in [0.2, 0.25) is 0 Å². The van der Waals surface area contributed by atoms with Crippen LogP contribution < -0.4 is 18.9 Å². The van der Waals surface area contributed by atoms with Gasteiger partial charge in [-0.25, -0.2) is 4.79 Å². The summed E-state index contributed by atoms with van der Waals surface area (Å²) in [6.45, 7) is 2.65. The maximum Gasteiger partial charge on any atom is 0.343 e. The van der Waals surface area contributed by atoms with E-state index in [0.29, 0.717) is 36.9 Å². The monoisotopic (exact) mass is 520 g/mol. The van der Waals surface area contributed by atoms with Crippen molar-refractivity contribution in [1.29, 1.82) is 0 Å². The molecule has 1 aliphatic rings. The van der Waals surface area contributed by atoms with E-state index in [4.69, 9.17) is 23.7 Å².